The van der Waals surface area contributed by atoms with Crippen molar-refractivity contribution in [3.63, 3.8) is 0 Å². The smallest absolute Gasteiger partial charge is 0.345 e. The molecule has 0 aliphatic heterocycles. The van der Waals surface area contributed by atoms with Gasteiger partial charge in [0, 0.05) is 17.5 Å². The highest BCUT2D eigenvalue weighted by atomic mass is 32.1. The van der Waals surface area contributed by atoms with Crippen molar-refractivity contribution < 1.29 is 9.90 Å². The number of hydrogen-bond donors (Lipinski definition) is 2. The van der Waals surface area contributed by atoms with Gasteiger partial charge in [-0.05, 0) is 31.4 Å². The fraction of sp³-hybridized carbons (Fsp3) is 0.643. The molecular weight excluding hydrogens is 246 g/mol. The molecule has 0 radical (unpaired) electrons. The van der Waals surface area contributed by atoms with E-state index in [1.807, 2.05) is 6.92 Å². The van der Waals surface area contributed by atoms with Crippen LogP contribution >= 0.6 is 11.3 Å². The highest BCUT2D eigenvalue weighted by Crippen LogP contribution is 2.22. The Morgan fingerprint density at radius 3 is 2.50 bits per heavy atom. The first-order valence-electron chi connectivity index (χ1n) is 6.55. The molecule has 0 fully saturated rings. The van der Waals surface area contributed by atoms with Crippen molar-refractivity contribution in [2.24, 2.45) is 5.92 Å². The van der Waals surface area contributed by atoms with Crippen molar-refractivity contribution in [2.75, 3.05) is 0 Å². The van der Waals surface area contributed by atoms with Crippen LogP contribution in [0.1, 0.15) is 53.7 Å². The minimum atomic E-state index is -0.831. The summed E-state index contributed by atoms with van der Waals surface area (Å²) in [6.45, 7) is 9.37. The predicted octanol–water partition coefficient (Wildman–Crippen LogP) is 3.67. The van der Waals surface area contributed by atoms with Gasteiger partial charge in [-0.25, -0.2) is 4.79 Å². The molecule has 1 heterocycles. The van der Waals surface area contributed by atoms with Gasteiger partial charge < -0.3 is 10.4 Å². The van der Waals surface area contributed by atoms with Crippen molar-refractivity contribution in [2.45, 2.75) is 53.1 Å². The average molecular weight is 269 g/mol. The molecule has 0 spiro atoms. The van der Waals surface area contributed by atoms with Crippen molar-refractivity contribution in [1.29, 1.82) is 0 Å². The van der Waals surface area contributed by atoms with E-state index in [1.165, 1.54) is 24.2 Å². The number of hydrogen-bond acceptors (Lipinski definition) is 3. The summed E-state index contributed by atoms with van der Waals surface area (Å²) in [5.41, 5.74) is 1.11. The Labute approximate surface area is 113 Å². The Hall–Kier alpha value is -0.870. The minimum absolute atomic E-state index is 0.430. The van der Waals surface area contributed by atoms with Crippen LogP contribution in [0.15, 0.2) is 6.07 Å². The molecule has 0 amide bonds. The van der Waals surface area contributed by atoms with Crippen LogP contribution < -0.4 is 5.32 Å². The molecule has 0 aromatic carbocycles. The molecule has 0 bridgehead atoms. The molecule has 1 aromatic rings. The van der Waals surface area contributed by atoms with E-state index < -0.39 is 5.97 Å². The molecule has 0 saturated heterocycles. The van der Waals surface area contributed by atoms with Crippen LogP contribution in [0.2, 0.25) is 0 Å². The maximum atomic E-state index is 10.9. The lowest BCUT2D eigenvalue weighted by Crippen LogP contribution is -2.32. The van der Waals surface area contributed by atoms with E-state index in [2.05, 4.69) is 26.1 Å². The van der Waals surface area contributed by atoms with E-state index >= 15 is 0 Å². The van der Waals surface area contributed by atoms with Gasteiger partial charge in [0.25, 0.3) is 0 Å². The zero-order valence-corrected chi connectivity index (χ0v) is 12.4. The molecule has 0 aliphatic carbocycles. The number of rotatable bonds is 7. The molecular formula is C14H23NO2S. The van der Waals surface area contributed by atoms with Gasteiger partial charge in [-0.15, -0.1) is 11.3 Å². The Bertz CT molecular complexity index is 396. The number of thiophene rings is 1. The third-order valence-corrected chi connectivity index (χ3v) is 4.68. The number of carboxylic acid groups (broad SMARTS) is 1. The van der Waals surface area contributed by atoms with Crippen LogP contribution in [0.25, 0.3) is 0 Å². The van der Waals surface area contributed by atoms with Gasteiger partial charge in [-0.2, -0.15) is 0 Å². The normalized spacial score (nSPS) is 12.9. The monoisotopic (exact) mass is 269 g/mol. The number of aromatic carboxylic acids is 1. The van der Waals surface area contributed by atoms with E-state index in [0.29, 0.717) is 16.8 Å². The van der Waals surface area contributed by atoms with Crippen LogP contribution in [0.4, 0.5) is 0 Å². The summed E-state index contributed by atoms with van der Waals surface area (Å²) < 4.78 is 0. The van der Waals surface area contributed by atoms with Gasteiger partial charge in [0.2, 0.25) is 0 Å². The standard InChI is InChI=1S/C14H23NO2S/c1-5-11(6-2)9(3)15-8-12-7-13(14(16)17)18-10(12)4/h7,9,11,15H,5-6,8H2,1-4H3,(H,16,17). The molecule has 1 aromatic heterocycles. The fourth-order valence-corrected chi connectivity index (χ4v) is 3.11. The molecule has 0 aliphatic rings. The molecule has 3 nitrogen and oxygen atoms in total. The summed E-state index contributed by atoms with van der Waals surface area (Å²) in [5.74, 6) is -0.148. The number of carbonyl (C=O) groups is 1. The summed E-state index contributed by atoms with van der Waals surface area (Å²) >= 11 is 1.35. The molecule has 18 heavy (non-hydrogen) atoms. The van der Waals surface area contributed by atoms with E-state index in [-0.39, 0.29) is 0 Å². The zero-order chi connectivity index (χ0) is 13.7. The second-order valence-electron chi connectivity index (χ2n) is 4.74. The lowest BCUT2D eigenvalue weighted by atomic mass is 9.95. The summed E-state index contributed by atoms with van der Waals surface area (Å²) in [4.78, 5) is 12.4. The van der Waals surface area contributed by atoms with Gasteiger partial charge in [0.15, 0.2) is 0 Å². The molecule has 102 valence electrons. The molecule has 1 unspecified atom stereocenters. The summed E-state index contributed by atoms with van der Waals surface area (Å²) in [5, 5.41) is 12.5. The van der Waals surface area contributed by atoms with Crippen LogP contribution in [0.5, 0.6) is 0 Å². The number of nitrogens with one attached hydrogen (secondary N) is 1. The van der Waals surface area contributed by atoms with Gasteiger partial charge >= 0.3 is 5.97 Å². The summed E-state index contributed by atoms with van der Waals surface area (Å²) in [6.07, 6.45) is 2.35. The first-order chi connectivity index (χ1) is 8.49. The topological polar surface area (TPSA) is 49.3 Å². The summed E-state index contributed by atoms with van der Waals surface area (Å²) in [7, 11) is 0. The third-order valence-electron chi connectivity index (χ3n) is 3.60. The molecule has 0 saturated carbocycles. The SMILES string of the molecule is CCC(CC)C(C)NCc1cc(C(=O)O)sc1C. The van der Waals surface area contributed by atoms with Gasteiger partial charge in [0.1, 0.15) is 4.88 Å². The minimum Gasteiger partial charge on any atom is -0.477 e. The Morgan fingerprint density at radius 2 is 2.06 bits per heavy atom. The van der Waals surface area contributed by atoms with Crippen molar-refractivity contribution in [3.05, 3.63) is 21.4 Å². The van der Waals surface area contributed by atoms with Crippen LogP contribution in [-0.2, 0) is 6.54 Å². The van der Waals surface area contributed by atoms with Crippen LogP contribution in [0.3, 0.4) is 0 Å². The van der Waals surface area contributed by atoms with Gasteiger partial charge in [-0.3, -0.25) is 0 Å². The first kappa shape index (κ1) is 15.2. The molecule has 4 heteroatoms. The van der Waals surface area contributed by atoms with E-state index in [1.54, 1.807) is 6.07 Å². The van der Waals surface area contributed by atoms with Crippen molar-refractivity contribution in [1.82, 2.24) is 5.32 Å². The van der Waals surface area contributed by atoms with E-state index in [4.69, 9.17) is 5.11 Å². The predicted molar refractivity (Wildman–Crippen MR) is 76.4 cm³/mol. The first-order valence-corrected chi connectivity index (χ1v) is 7.37. The maximum absolute atomic E-state index is 10.9. The molecule has 2 N–H and O–H groups in total. The van der Waals surface area contributed by atoms with E-state index in [0.717, 1.165) is 17.0 Å². The number of aryl methyl sites for hydroxylation is 1. The zero-order valence-electron chi connectivity index (χ0n) is 11.6. The quantitative estimate of drug-likeness (QED) is 0.794. The molecule has 1 rings (SSSR count). The highest BCUT2D eigenvalue weighted by molar-refractivity contribution is 7.14. The molecule has 1 atom stereocenters. The second kappa shape index (κ2) is 6.90. The van der Waals surface area contributed by atoms with Crippen LogP contribution in [0, 0.1) is 12.8 Å². The van der Waals surface area contributed by atoms with Gasteiger partial charge in [0.05, 0.1) is 0 Å². The highest BCUT2D eigenvalue weighted by Gasteiger charge is 2.15. The van der Waals surface area contributed by atoms with Gasteiger partial charge in [-0.1, -0.05) is 26.7 Å². The number of carboxylic acids is 1. The van der Waals surface area contributed by atoms with E-state index in [9.17, 15) is 4.79 Å². The summed E-state index contributed by atoms with van der Waals surface area (Å²) in [6, 6.07) is 2.25. The third kappa shape index (κ3) is 3.82. The fourth-order valence-electron chi connectivity index (χ4n) is 2.23. The Kier molecular flexibility index (Phi) is 5.82. The Balaban J connectivity index is 2.60. The lowest BCUT2D eigenvalue weighted by molar-refractivity contribution is 0.0702. The lowest BCUT2D eigenvalue weighted by Gasteiger charge is -2.22. The van der Waals surface area contributed by atoms with Crippen LogP contribution in [-0.4, -0.2) is 17.1 Å². The maximum Gasteiger partial charge on any atom is 0.345 e. The van der Waals surface area contributed by atoms with Crippen molar-refractivity contribution >= 4 is 17.3 Å². The second-order valence-corrected chi connectivity index (χ2v) is 6.00. The van der Waals surface area contributed by atoms with Crippen molar-refractivity contribution in [3.8, 4) is 0 Å². The largest absolute Gasteiger partial charge is 0.477 e. The average Bonchev–Trinajstić information content (AvgIpc) is 2.70. The Morgan fingerprint density at radius 1 is 1.44 bits per heavy atom.